The average molecular weight is 329 g/mol. The molecule has 1 aliphatic heterocycles. The number of ether oxygens (including phenoxy) is 1. The standard InChI is InChI=1S/C19H23NO4/c1-11-13(12-7-4-3-5-8-12)16-17(22)19(24-2)14(11)15(19)18(23)20(16)9-6-10-21/h3-5,7-8,11,13-16,21H,6,9-10H2,1-2H3/t11-,13+,14-,15+,16+,19+/m0/s1. The van der Waals surface area contributed by atoms with Gasteiger partial charge in [0.25, 0.3) is 0 Å². The Morgan fingerprint density at radius 2 is 1.96 bits per heavy atom. The summed E-state index contributed by atoms with van der Waals surface area (Å²) in [4.78, 5) is 27.9. The maximum absolute atomic E-state index is 13.2. The van der Waals surface area contributed by atoms with Crippen LogP contribution in [0, 0.1) is 17.8 Å². The molecule has 2 aliphatic carbocycles. The van der Waals surface area contributed by atoms with Crippen molar-refractivity contribution in [2.45, 2.75) is 30.9 Å². The topological polar surface area (TPSA) is 66.8 Å². The molecule has 1 amide bonds. The number of fused-ring (bicyclic) bond motifs is 2. The highest BCUT2D eigenvalue weighted by Crippen LogP contribution is 2.68. The highest BCUT2D eigenvalue weighted by molar-refractivity contribution is 6.10. The lowest BCUT2D eigenvalue weighted by atomic mass is 9.70. The molecule has 2 bridgehead atoms. The van der Waals surface area contributed by atoms with Gasteiger partial charge in [0.2, 0.25) is 5.91 Å². The van der Waals surface area contributed by atoms with Crippen molar-refractivity contribution in [1.29, 1.82) is 0 Å². The van der Waals surface area contributed by atoms with Gasteiger partial charge in [0.15, 0.2) is 5.78 Å². The molecule has 1 heterocycles. The fraction of sp³-hybridized carbons (Fsp3) is 0.579. The van der Waals surface area contributed by atoms with Crippen LogP contribution >= 0.6 is 0 Å². The van der Waals surface area contributed by atoms with Crippen LogP contribution < -0.4 is 0 Å². The number of nitrogens with zero attached hydrogens (tertiary/aromatic N) is 1. The first-order valence-corrected chi connectivity index (χ1v) is 8.65. The third-order valence-corrected chi connectivity index (χ3v) is 6.30. The lowest BCUT2D eigenvalue weighted by Crippen LogP contribution is -2.61. The Hall–Kier alpha value is -1.72. The normalized spacial score (nSPS) is 40.0. The summed E-state index contributed by atoms with van der Waals surface area (Å²) >= 11 is 0. The first-order valence-electron chi connectivity index (χ1n) is 8.65. The third-order valence-electron chi connectivity index (χ3n) is 6.30. The second kappa shape index (κ2) is 5.39. The number of aliphatic hydroxyl groups is 1. The number of aliphatic hydroxyl groups excluding tert-OH is 1. The SMILES string of the molecule is CO[C@]12C(=O)[C@H]3[C@@H](c4ccccc4)[C@H](C)[C@H]1[C@@H]2C(=O)N3CCCO. The van der Waals surface area contributed by atoms with Gasteiger partial charge in [0.05, 0.1) is 5.92 Å². The molecule has 1 aromatic carbocycles. The second-order valence-corrected chi connectivity index (χ2v) is 7.21. The van der Waals surface area contributed by atoms with Gasteiger partial charge in [-0.3, -0.25) is 9.59 Å². The lowest BCUT2D eigenvalue weighted by molar-refractivity contribution is -0.160. The van der Waals surface area contributed by atoms with Gasteiger partial charge >= 0.3 is 0 Å². The number of likely N-dealkylation sites (tertiary alicyclic amines) is 1. The summed E-state index contributed by atoms with van der Waals surface area (Å²) in [6, 6.07) is 9.50. The van der Waals surface area contributed by atoms with E-state index in [9.17, 15) is 14.7 Å². The third kappa shape index (κ3) is 1.77. The van der Waals surface area contributed by atoms with Gasteiger partial charge in [-0.05, 0) is 17.9 Å². The molecule has 2 saturated carbocycles. The molecule has 4 rings (SSSR count). The minimum absolute atomic E-state index is 0.0119. The van der Waals surface area contributed by atoms with Crippen LogP contribution in [0.5, 0.6) is 0 Å². The number of carbonyl (C=O) groups excluding carboxylic acids is 2. The van der Waals surface area contributed by atoms with Crippen LogP contribution in [0.25, 0.3) is 0 Å². The summed E-state index contributed by atoms with van der Waals surface area (Å²) < 4.78 is 5.63. The van der Waals surface area contributed by atoms with E-state index >= 15 is 0 Å². The first-order chi connectivity index (χ1) is 11.6. The Bertz CT molecular complexity index is 675. The Morgan fingerprint density at radius 3 is 2.58 bits per heavy atom. The number of hydrogen-bond donors (Lipinski definition) is 1. The van der Waals surface area contributed by atoms with Gasteiger partial charge in [0.1, 0.15) is 11.6 Å². The molecule has 5 heteroatoms. The summed E-state index contributed by atoms with van der Waals surface area (Å²) in [5.74, 6) is -0.142. The lowest BCUT2D eigenvalue weighted by Gasteiger charge is -2.45. The predicted octanol–water partition coefficient (Wildman–Crippen LogP) is 1.21. The highest BCUT2D eigenvalue weighted by Gasteiger charge is 2.83. The molecule has 0 spiro atoms. The molecule has 3 fully saturated rings. The Morgan fingerprint density at radius 1 is 1.25 bits per heavy atom. The van der Waals surface area contributed by atoms with Crippen molar-refractivity contribution in [3.63, 3.8) is 0 Å². The highest BCUT2D eigenvalue weighted by atomic mass is 16.5. The van der Waals surface area contributed by atoms with E-state index in [-0.39, 0.29) is 42.0 Å². The van der Waals surface area contributed by atoms with Crippen LogP contribution in [-0.2, 0) is 14.3 Å². The zero-order valence-corrected chi connectivity index (χ0v) is 14.0. The molecule has 128 valence electrons. The van der Waals surface area contributed by atoms with Crippen LogP contribution in [0.2, 0.25) is 0 Å². The Kier molecular flexibility index (Phi) is 3.55. The number of methoxy groups -OCH3 is 1. The van der Waals surface area contributed by atoms with Crippen molar-refractivity contribution in [3.8, 4) is 0 Å². The minimum Gasteiger partial charge on any atom is -0.396 e. The monoisotopic (exact) mass is 329 g/mol. The van der Waals surface area contributed by atoms with Crippen LogP contribution in [0.15, 0.2) is 30.3 Å². The fourth-order valence-electron chi connectivity index (χ4n) is 5.31. The molecule has 0 radical (unpaired) electrons. The van der Waals surface area contributed by atoms with Crippen molar-refractivity contribution in [1.82, 2.24) is 4.90 Å². The van der Waals surface area contributed by atoms with Crippen LogP contribution in [0.3, 0.4) is 0 Å². The van der Waals surface area contributed by atoms with Crippen molar-refractivity contribution in [2.24, 2.45) is 17.8 Å². The summed E-state index contributed by atoms with van der Waals surface area (Å²) in [6.45, 7) is 2.57. The van der Waals surface area contributed by atoms with Gasteiger partial charge in [-0.1, -0.05) is 37.3 Å². The van der Waals surface area contributed by atoms with E-state index in [1.165, 1.54) is 0 Å². The van der Waals surface area contributed by atoms with Crippen molar-refractivity contribution in [2.75, 3.05) is 20.3 Å². The van der Waals surface area contributed by atoms with Crippen LogP contribution in [-0.4, -0.2) is 53.6 Å². The largest absolute Gasteiger partial charge is 0.396 e. The van der Waals surface area contributed by atoms with E-state index in [4.69, 9.17) is 4.74 Å². The number of benzene rings is 1. The van der Waals surface area contributed by atoms with Gasteiger partial charge in [-0.2, -0.15) is 0 Å². The zero-order valence-electron chi connectivity index (χ0n) is 14.0. The zero-order chi connectivity index (χ0) is 17.1. The van der Waals surface area contributed by atoms with Gasteiger partial charge in [0, 0.05) is 32.1 Å². The van der Waals surface area contributed by atoms with E-state index in [1.54, 1.807) is 12.0 Å². The molecule has 6 atom stereocenters. The van der Waals surface area contributed by atoms with Crippen molar-refractivity contribution >= 4 is 11.7 Å². The molecule has 1 saturated heterocycles. The van der Waals surface area contributed by atoms with Crippen LogP contribution in [0.4, 0.5) is 0 Å². The molecule has 5 nitrogen and oxygen atoms in total. The summed E-state index contributed by atoms with van der Waals surface area (Å²) in [5.41, 5.74) is 0.199. The molecule has 3 aliphatic rings. The molecule has 1 N–H and O–H groups in total. The number of rotatable bonds is 5. The summed E-state index contributed by atoms with van der Waals surface area (Å²) in [7, 11) is 1.55. The Labute approximate surface area is 141 Å². The number of hydrogen-bond acceptors (Lipinski definition) is 4. The first kappa shape index (κ1) is 15.8. The van der Waals surface area contributed by atoms with Gasteiger partial charge < -0.3 is 14.7 Å². The maximum Gasteiger partial charge on any atom is 0.230 e. The molecule has 0 unspecified atom stereocenters. The quantitative estimate of drug-likeness (QED) is 0.882. The average Bonchev–Trinajstić information content (AvgIpc) is 3.32. The second-order valence-electron chi connectivity index (χ2n) is 7.21. The van der Waals surface area contributed by atoms with Crippen LogP contribution in [0.1, 0.15) is 24.8 Å². The number of Topliss-reactive ketones (excluding diaryl/α,β-unsaturated/α-hetero) is 1. The number of piperidine rings is 1. The fourth-order valence-corrected chi connectivity index (χ4v) is 5.31. The van der Waals surface area contributed by atoms with Crippen molar-refractivity contribution in [3.05, 3.63) is 35.9 Å². The molecular weight excluding hydrogens is 306 g/mol. The van der Waals surface area contributed by atoms with Gasteiger partial charge in [-0.25, -0.2) is 0 Å². The molecular formula is C19H23NO4. The van der Waals surface area contributed by atoms with Gasteiger partial charge in [-0.15, -0.1) is 0 Å². The molecule has 0 aromatic heterocycles. The van der Waals surface area contributed by atoms with E-state index in [0.29, 0.717) is 13.0 Å². The maximum atomic E-state index is 13.2. The van der Waals surface area contributed by atoms with Crippen molar-refractivity contribution < 1.29 is 19.4 Å². The molecule has 24 heavy (non-hydrogen) atoms. The number of ketones is 1. The van der Waals surface area contributed by atoms with E-state index in [0.717, 1.165) is 5.56 Å². The van der Waals surface area contributed by atoms with E-state index in [2.05, 4.69) is 6.92 Å². The smallest absolute Gasteiger partial charge is 0.230 e. The minimum atomic E-state index is -0.901. The van der Waals surface area contributed by atoms with E-state index in [1.807, 2.05) is 30.3 Å². The number of amides is 1. The Balaban J connectivity index is 1.80. The summed E-state index contributed by atoms with van der Waals surface area (Å²) in [6.07, 6.45) is 0.489. The molecule has 1 aromatic rings. The number of carbonyl (C=O) groups is 2. The predicted molar refractivity (Wildman–Crippen MR) is 87.3 cm³/mol. The van der Waals surface area contributed by atoms with E-state index < -0.39 is 11.6 Å². The summed E-state index contributed by atoms with van der Waals surface area (Å²) in [5, 5.41) is 9.18.